The lowest BCUT2D eigenvalue weighted by atomic mass is 9.95. The molecule has 6 nitrogen and oxygen atoms in total. The Hall–Kier alpha value is -1.40. The number of rotatable bonds is 4. The van der Waals surface area contributed by atoms with Gasteiger partial charge < -0.3 is 15.5 Å². The first kappa shape index (κ1) is 17.7. The molecular weight excluding hydrogens is 290 g/mol. The van der Waals surface area contributed by atoms with Gasteiger partial charge in [-0.15, -0.1) is 17.5 Å². The van der Waals surface area contributed by atoms with Crippen LogP contribution in [0.4, 0.5) is 5.82 Å². The lowest BCUT2D eigenvalue weighted by Crippen LogP contribution is -2.58. The van der Waals surface area contributed by atoms with Crippen molar-refractivity contribution in [1.82, 2.24) is 15.1 Å². The van der Waals surface area contributed by atoms with Crippen LogP contribution in [-0.4, -0.2) is 52.7 Å². The van der Waals surface area contributed by atoms with Crippen molar-refractivity contribution in [2.24, 2.45) is 5.73 Å². The van der Waals surface area contributed by atoms with E-state index in [0.717, 1.165) is 31.7 Å². The summed E-state index contributed by atoms with van der Waals surface area (Å²) in [7, 11) is 0. The fourth-order valence-electron chi connectivity index (χ4n) is 2.59. The summed E-state index contributed by atoms with van der Waals surface area (Å²) in [5.41, 5.74) is 5.37. The van der Waals surface area contributed by atoms with E-state index >= 15 is 0 Å². The van der Waals surface area contributed by atoms with Gasteiger partial charge in [0, 0.05) is 32.4 Å². The van der Waals surface area contributed by atoms with Gasteiger partial charge in [0.05, 0.1) is 5.54 Å². The van der Waals surface area contributed by atoms with E-state index in [-0.39, 0.29) is 18.3 Å². The van der Waals surface area contributed by atoms with Crippen molar-refractivity contribution in [2.75, 3.05) is 31.1 Å². The minimum atomic E-state index is -0.747. The molecule has 0 saturated carbocycles. The summed E-state index contributed by atoms with van der Waals surface area (Å²) in [5.74, 6) is 0.918. The number of hydrogen-bond acceptors (Lipinski definition) is 5. The van der Waals surface area contributed by atoms with E-state index in [9.17, 15) is 4.79 Å². The largest absolute Gasteiger partial charge is 0.352 e. The number of carbonyl (C=O) groups is 1. The molecule has 0 spiro atoms. The summed E-state index contributed by atoms with van der Waals surface area (Å²) in [4.78, 5) is 16.4. The highest BCUT2D eigenvalue weighted by molar-refractivity contribution is 5.86. The van der Waals surface area contributed by atoms with Crippen molar-refractivity contribution in [3.8, 4) is 0 Å². The lowest BCUT2D eigenvalue weighted by molar-refractivity contribution is -0.137. The fourth-order valence-corrected chi connectivity index (χ4v) is 2.59. The van der Waals surface area contributed by atoms with E-state index in [1.54, 1.807) is 6.20 Å². The van der Waals surface area contributed by atoms with E-state index in [0.29, 0.717) is 13.1 Å². The molecule has 0 bridgehead atoms. The quantitative estimate of drug-likeness (QED) is 0.899. The van der Waals surface area contributed by atoms with Crippen molar-refractivity contribution in [1.29, 1.82) is 0 Å². The van der Waals surface area contributed by atoms with E-state index < -0.39 is 5.54 Å². The first-order valence-electron chi connectivity index (χ1n) is 7.15. The molecule has 1 fully saturated rings. The molecule has 2 rings (SSSR count). The molecule has 1 aliphatic rings. The van der Waals surface area contributed by atoms with Gasteiger partial charge in [-0.3, -0.25) is 4.79 Å². The van der Waals surface area contributed by atoms with Gasteiger partial charge in [0.2, 0.25) is 5.91 Å². The second kappa shape index (κ2) is 7.56. The number of halogens is 1. The van der Waals surface area contributed by atoms with Crippen LogP contribution in [0.15, 0.2) is 18.3 Å². The molecule has 21 heavy (non-hydrogen) atoms. The van der Waals surface area contributed by atoms with Gasteiger partial charge in [-0.1, -0.05) is 13.3 Å². The molecule has 1 atom stereocenters. The first-order chi connectivity index (χ1) is 9.54. The van der Waals surface area contributed by atoms with Gasteiger partial charge in [0.25, 0.3) is 0 Å². The van der Waals surface area contributed by atoms with Crippen molar-refractivity contribution >= 4 is 24.1 Å². The van der Waals surface area contributed by atoms with Gasteiger partial charge >= 0.3 is 0 Å². The molecule has 2 heterocycles. The standard InChI is InChI=1S/C14H23N5O.ClH/c1-3-6-14(2,15)13(20)19-10-8-18(9-11-19)12-5-4-7-16-17-12;/h4-5,7H,3,6,8-11,15H2,1-2H3;1H. The molecule has 1 aromatic heterocycles. The second-order valence-corrected chi connectivity index (χ2v) is 5.53. The number of carbonyl (C=O) groups excluding carboxylic acids is 1. The third-order valence-electron chi connectivity index (χ3n) is 3.71. The predicted molar refractivity (Wildman–Crippen MR) is 85.6 cm³/mol. The van der Waals surface area contributed by atoms with Crippen LogP contribution < -0.4 is 10.6 Å². The minimum absolute atomic E-state index is 0. The Kier molecular flexibility index (Phi) is 6.36. The van der Waals surface area contributed by atoms with Crippen LogP contribution in [0, 0.1) is 0 Å². The maximum atomic E-state index is 12.4. The Balaban J connectivity index is 0.00000220. The third kappa shape index (κ3) is 4.28. The highest BCUT2D eigenvalue weighted by Gasteiger charge is 2.33. The third-order valence-corrected chi connectivity index (χ3v) is 3.71. The molecule has 7 heteroatoms. The van der Waals surface area contributed by atoms with Gasteiger partial charge in [-0.05, 0) is 25.5 Å². The highest BCUT2D eigenvalue weighted by atomic mass is 35.5. The number of nitrogens with two attached hydrogens (primary N) is 1. The van der Waals surface area contributed by atoms with Crippen molar-refractivity contribution in [3.63, 3.8) is 0 Å². The average Bonchev–Trinajstić information content (AvgIpc) is 2.47. The van der Waals surface area contributed by atoms with Gasteiger partial charge in [0.15, 0.2) is 5.82 Å². The van der Waals surface area contributed by atoms with Crippen LogP contribution >= 0.6 is 12.4 Å². The zero-order valence-electron chi connectivity index (χ0n) is 12.7. The van der Waals surface area contributed by atoms with Crippen LogP contribution in [0.1, 0.15) is 26.7 Å². The van der Waals surface area contributed by atoms with E-state index in [2.05, 4.69) is 15.1 Å². The molecular formula is C14H24ClN5O. The molecule has 0 radical (unpaired) electrons. The summed E-state index contributed by atoms with van der Waals surface area (Å²) < 4.78 is 0. The zero-order chi connectivity index (χ0) is 14.6. The van der Waals surface area contributed by atoms with Gasteiger partial charge in [-0.25, -0.2) is 0 Å². The fraction of sp³-hybridized carbons (Fsp3) is 0.643. The Bertz CT molecular complexity index is 446. The number of piperazine rings is 1. The number of hydrogen-bond donors (Lipinski definition) is 1. The predicted octanol–water partition coefficient (Wildman–Crippen LogP) is 1.06. The van der Waals surface area contributed by atoms with Gasteiger partial charge in [0.1, 0.15) is 0 Å². The maximum absolute atomic E-state index is 12.4. The normalized spacial score (nSPS) is 17.9. The van der Waals surface area contributed by atoms with Gasteiger partial charge in [-0.2, -0.15) is 5.10 Å². The van der Waals surface area contributed by atoms with Crippen LogP contribution in [-0.2, 0) is 4.79 Å². The number of anilines is 1. The summed E-state index contributed by atoms with van der Waals surface area (Å²) in [5, 5.41) is 7.98. The van der Waals surface area contributed by atoms with Crippen LogP contribution in [0.2, 0.25) is 0 Å². The first-order valence-corrected chi connectivity index (χ1v) is 7.15. The molecule has 118 valence electrons. The highest BCUT2D eigenvalue weighted by Crippen LogP contribution is 2.16. The van der Waals surface area contributed by atoms with Crippen molar-refractivity contribution in [2.45, 2.75) is 32.2 Å². The topological polar surface area (TPSA) is 75.4 Å². The molecule has 1 unspecified atom stereocenters. The minimum Gasteiger partial charge on any atom is -0.352 e. The second-order valence-electron chi connectivity index (χ2n) is 5.53. The number of amides is 1. The number of nitrogens with zero attached hydrogens (tertiary/aromatic N) is 4. The maximum Gasteiger partial charge on any atom is 0.242 e. The molecule has 2 N–H and O–H groups in total. The lowest BCUT2D eigenvalue weighted by Gasteiger charge is -2.38. The monoisotopic (exact) mass is 313 g/mol. The van der Waals surface area contributed by atoms with Crippen LogP contribution in [0.3, 0.4) is 0 Å². The van der Waals surface area contributed by atoms with E-state index in [4.69, 9.17) is 5.73 Å². The molecule has 1 aromatic rings. The Labute approximate surface area is 132 Å². The van der Waals surface area contributed by atoms with Crippen LogP contribution in [0.5, 0.6) is 0 Å². The summed E-state index contributed by atoms with van der Waals surface area (Å²) >= 11 is 0. The van der Waals surface area contributed by atoms with Crippen molar-refractivity contribution in [3.05, 3.63) is 18.3 Å². The summed E-state index contributed by atoms with van der Waals surface area (Å²) in [6, 6.07) is 3.81. The SMILES string of the molecule is CCCC(C)(N)C(=O)N1CCN(c2cccnn2)CC1.Cl. The molecule has 1 amide bonds. The molecule has 1 aliphatic heterocycles. The summed E-state index contributed by atoms with van der Waals surface area (Å²) in [6.45, 7) is 6.79. The summed E-state index contributed by atoms with van der Waals surface area (Å²) in [6.07, 6.45) is 3.29. The molecule has 0 aliphatic carbocycles. The average molecular weight is 314 g/mol. The van der Waals surface area contributed by atoms with Crippen molar-refractivity contribution < 1.29 is 4.79 Å². The Morgan fingerprint density at radius 3 is 2.57 bits per heavy atom. The number of aromatic nitrogens is 2. The smallest absolute Gasteiger partial charge is 0.242 e. The van der Waals surface area contributed by atoms with E-state index in [1.807, 2.05) is 30.9 Å². The molecule has 1 saturated heterocycles. The zero-order valence-corrected chi connectivity index (χ0v) is 13.5. The van der Waals surface area contributed by atoms with E-state index in [1.165, 1.54) is 0 Å². The Morgan fingerprint density at radius 2 is 2.05 bits per heavy atom. The van der Waals surface area contributed by atoms with Crippen LogP contribution in [0.25, 0.3) is 0 Å². The molecule has 0 aromatic carbocycles. The Morgan fingerprint density at radius 1 is 1.38 bits per heavy atom.